The predicted octanol–water partition coefficient (Wildman–Crippen LogP) is 3.17. The standard InChI is InChI=1S/C21H24F11N2O2.HI/c1-34(2,3)13-12-33(16(35)15-9-5-4-6-10-15)36-14-8-7-11-17(22,18(23,24)20(27,28)29)19(25,26)21(30,31)32;/h4-6,8-10,14H,7,11-13H2,1-3H3;1H/q+1;/p-1. The summed E-state index contributed by atoms with van der Waals surface area (Å²) in [7, 11) is 5.26. The lowest BCUT2D eigenvalue weighted by Gasteiger charge is -2.40. The number of benzene rings is 1. The van der Waals surface area contributed by atoms with E-state index in [0.29, 0.717) is 16.8 Å². The van der Waals surface area contributed by atoms with Crippen LogP contribution in [0.4, 0.5) is 48.3 Å². The molecule has 0 heterocycles. The largest absolute Gasteiger partial charge is 1.00 e. The monoisotopic (exact) mass is 672 g/mol. The number of carbonyl (C=O) groups excluding carboxylic acids is 1. The molecule has 0 spiro atoms. The third-order valence-electron chi connectivity index (χ3n) is 4.87. The summed E-state index contributed by atoms with van der Waals surface area (Å²) < 4.78 is 144. The number of hydroxylamine groups is 2. The van der Waals surface area contributed by atoms with Crippen molar-refractivity contribution in [3.8, 4) is 0 Å². The van der Waals surface area contributed by atoms with Crippen molar-refractivity contribution in [1.82, 2.24) is 5.06 Å². The molecule has 0 saturated heterocycles. The van der Waals surface area contributed by atoms with Crippen LogP contribution in [0.25, 0.3) is 0 Å². The van der Waals surface area contributed by atoms with E-state index in [1.165, 1.54) is 24.3 Å². The molecule has 1 aromatic carbocycles. The van der Waals surface area contributed by atoms with Gasteiger partial charge >= 0.3 is 24.2 Å². The number of amides is 1. The molecule has 4 nitrogen and oxygen atoms in total. The van der Waals surface area contributed by atoms with E-state index in [2.05, 4.69) is 0 Å². The highest BCUT2D eigenvalue weighted by atomic mass is 127. The van der Waals surface area contributed by atoms with Crippen LogP contribution in [-0.4, -0.2) is 79.6 Å². The normalized spacial score (nSPS) is 13.9. The fraction of sp³-hybridized carbons (Fsp3) is 0.571. The molecule has 37 heavy (non-hydrogen) atoms. The second kappa shape index (κ2) is 12.3. The molecule has 0 aliphatic carbocycles. The highest BCUT2D eigenvalue weighted by molar-refractivity contribution is 5.93. The van der Waals surface area contributed by atoms with E-state index in [0.717, 1.165) is 5.06 Å². The molecule has 0 aromatic heterocycles. The van der Waals surface area contributed by atoms with Gasteiger partial charge in [-0.3, -0.25) is 4.79 Å². The fourth-order valence-electron chi connectivity index (χ4n) is 2.74. The molecule has 0 aliphatic rings. The minimum atomic E-state index is -7.05. The van der Waals surface area contributed by atoms with Crippen LogP contribution in [0.2, 0.25) is 0 Å². The van der Waals surface area contributed by atoms with Gasteiger partial charge in [0, 0.05) is 5.56 Å². The number of likely N-dealkylation sites (N-methyl/N-ethyl adjacent to an activating group) is 1. The molecule has 0 N–H and O–H groups in total. The maximum absolute atomic E-state index is 14.4. The fourth-order valence-corrected chi connectivity index (χ4v) is 2.74. The van der Waals surface area contributed by atoms with Gasteiger partial charge in [-0.25, -0.2) is 4.39 Å². The molecular formula is C21H24F11IN2O2. The van der Waals surface area contributed by atoms with Crippen LogP contribution in [0.3, 0.4) is 0 Å². The summed E-state index contributed by atoms with van der Waals surface area (Å²) in [6.07, 6.45) is -17.2. The average molecular weight is 672 g/mol. The topological polar surface area (TPSA) is 29.5 Å². The molecular weight excluding hydrogens is 648 g/mol. The maximum Gasteiger partial charge on any atom is 0.457 e. The van der Waals surface area contributed by atoms with Gasteiger partial charge in [-0.1, -0.05) is 18.2 Å². The Kier molecular flexibility index (Phi) is 11.7. The lowest BCUT2D eigenvalue weighted by atomic mass is 9.84. The summed E-state index contributed by atoms with van der Waals surface area (Å²) in [5, 5.41) is 0.743. The Balaban J connectivity index is 0.0000130. The van der Waals surface area contributed by atoms with Crippen LogP contribution < -0.4 is 24.0 Å². The van der Waals surface area contributed by atoms with E-state index in [1.807, 2.05) is 0 Å². The average Bonchev–Trinajstić information content (AvgIpc) is 2.73. The maximum atomic E-state index is 14.4. The van der Waals surface area contributed by atoms with Gasteiger partial charge in [0.1, 0.15) is 12.8 Å². The molecule has 1 amide bonds. The quantitative estimate of drug-likeness (QED) is 0.119. The smallest absolute Gasteiger partial charge is 0.457 e. The number of hydrogen-bond donors (Lipinski definition) is 0. The summed E-state index contributed by atoms with van der Waals surface area (Å²) in [5.74, 6) is -14.8. The van der Waals surface area contributed by atoms with E-state index in [9.17, 15) is 53.1 Å². The van der Waals surface area contributed by atoms with Crippen LogP contribution in [0.5, 0.6) is 0 Å². The summed E-state index contributed by atoms with van der Waals surface area (Å²) in [6, 6.07) is 7.45. The lowest BCUT2D eigenvalue weighted by Crippen LogP contribution is -3.00. The SMILES string of the molecule is C[N+](C)(C)CCN(OC=CCCC(F)(C(F)(F)C(F)(F)F)C(F)(F)C(F)(F)F)C(=O)c1ccccc1.[I-]. The Morgan fingerprint density at radius 2 is 1.32 bits per heavy atom. The molecule has 0 unspecified atom stereocenters. The van der Waals surface area contributed by atoms with Gasteiger partial charge in [0.15, 0.2) is 0 Å². The molecule has 16 heteroatoms. The van der Waals surface area contributed by atoms with Gasteiger partial charge in [0.25, 0.3) is 11.6 Å². The lowest BCUT2D eigenvalue weighted by molar-refractivity contribution is -0.870. The summed E-state index contributed by atoms with van der Waals surface area (Å²) >= 11 is 0. The summed E-state index contributed by atoms with van der Waals surface area (Å²) in [5.41, 5.74) is -6.23. The van der Waals surface area contributed by atoms with Crippen molar-refractivity contribution in [2.45, 2.75) is 42.7 Å². The van der Waals surface area contributed by atoms with Gasteiger partial charge in [0.05, 0.1) is 27.7 Å². The number of nitrogens with zero attached hydrogens (tertiary/aromatic N) is 2. The van der Waals surface area contributed by atoms with Crippen molar-refractivity contribution in [1.29, 1.82) is 0 Å². The van der Waals surface area contributed by atoms with Crippen LogP contribution in [0.1, 0.15) is 23.2 Å². The number of alkyl halides is 11. The zero-order chi connectivity index (χ0) is 28.2. The first-order chi connectivity index (χ1) is 16.1. The second-order valence-corrected chi connectivity index (χ2v) is 8.75. The highest BCUT2D eigenvalue weighted by Gasteiger charge is 2.85. The molecule has 1 aromatic rings. The van der Waals surface area contributed by atoms with Crippen LogP contribution >= 0.6 is 0 Å². The number of halogens is 12. The molecule has 0 fully saturated rings. The molecule has 0 saturated carbocycles. The Morgan fingerprint density at radius 1 is 0.865 bits per heavy atom. The van der Waals surface area contributed by atoms with E-state index >= 15 is 0 Å². The summed E-state index contributed by atoms with van der Waals surface area (Å²) in [6.45, 7) is 0.197. The number of rotatable bonds is 11. The number of quaternary nitrogens is 1. The number of allylic oxidation sites excluding steroid dienone is 1. The summed E-state index contributed by atoms with van der Waals surface area (Å²) in [4.78, 5) is 17.6. The van der Waals surface area contributed by atoms with Crippen molar-refractivity contribution in [2.24, 2.45) is 0 Å². The van der Waals surface area contributed by atoms with Crippen molar-refractivity contribution >= 4 is 5.91 Å². The minimum Gasteiger partial charge on any atom is -1.00 e. The Morgan fingerprint density at radius 3 is 1.73 bits per heavy atom. The Bertz CT molecular complexity index is 872. The molecule has 214 valence electrons. The van der Waals surface area contributed by atoms with Crippen LogP contribution in [-0.2, 0) is 4.84 Å². The molecule has 0 atom stereocenters. The van der Waals surface area contributed by atoms with E-state index in [4.69, 9.17) is 4.84 Å². The van der Waals surface area contributed by atoms with Crippen LogP contribution in [0, 0.1) is 0 Å². The second-order valence-electron chi connectivity index (χ2n) is 8.75. The van der Waals surface area contributed by atoms with Gasteiger partial charge in [-0.2, -0.15) is 49.0 Å². The van der Waals surface area contributed by atoms with E-state index < -0.39 is 48.6 Å². The number of hydrogen-bond acceptors (Lipinski definition) is 2. The van der Waals surface area contributed by atoms with E-state index in [-0.39, 0.29) is 42.6 Å². The van der Waals surface area contributed by atoms with Gasteiger partial charge < -0.3 is 33.3 Å². The Labute approximate surface area is 222 Å². The van der Waals surface area contributed by atoms with E-state index in [1.54, 1.807) is 27.2 Å². The highest BCUT2D eigenvalue weighted by Crippen LogP contribution is 2.58. The predicted molar refractivity (Wildman–Crippen MR) is 106 cm³/mol. The molecule has 0 aliphatic heterocycles. The first kappa shape index (κ1) is 35.2. The molecule has 1 rings (SSSR count). The van der Waals surface area contributed by atoms with Crippen molar-refractivity contribution < 1.29 is 86.4 Å². The zero-order valence-electron chi connectivity index (χ0n) is 19.6. The van der Waals surface area contributed by atoms with Gasteiger partial charge in [-0.15, -0.1) is 0 Å². The third kappa shape index (κ3) is 8.32. The molecule has 0 radical (unpaired) electrons. The van der Waals surface area contributed by atoms with Gasteiger partial charge in [-0.05, 0) is 31.1 Å². The minimum absolute atomic E-state index is 0. The third-order valence-corrected chi connectivity index (χ3v) is 4.87. The van der Waals surface area contributed by atoms with Gasteiger partial charge in [0.2, 0.25) is 0 Å². The first-order valence-electron chi connectivity index (χ1n) is 10.2. The number of carbonyl (C=O) groups is 1. The van der Waals surface area contributed by atoms with Crippen molar-refractivity contribution in [3.05, 3.63) is 48.2 Å². The zero-order valence-corrected chi connectivity index (χ0v) is 21.8. The van der Waals surface area contributed by atoms with Crippen molar-refractivity contribution in [2.75, 3.05) is 34.2 Å². The first-order valence-corrected chi connectivity index (χ1v) is 10.2. The van der Waals surface area contributed by atoms with Crippen molar-refractivity contribution in [3.63, 3.8) is 0 Å². The van der Waals surface area contributed by atoms with Crippen LogP contribution in [0.15, 0.2) is 42.7 Å². The Hall–Kier alpha value is -1.85. The molecule has 0 bridgehead atoms.